The molecule has 3 atom stereocenters. The highest BCUT2D eigenvalue weighted by atomic mass is 19.1. The summed E-state index contributed by atoms with van der Waals surface area (Å²) in [5, 5.41) is 5.36. The molecule has 0 unspecified atom stereocenters. The number of carbonyl (C=O) groups excluding carboxylic acids is 3. The molecule has 2 aromatic carbocycles. The molecule has 0 saturated carbocycles. The van der Waals surface area contributed by atoms with Gasteiger partial charge in [0.15, 0.2) is 0 Å². The van der Waals surface area contributed by atoms with Crippen LogP contribution in [0.15, 0.2) is 42.5 Å². The highest BCUT2D eigenvalue weighted by molar-refractivity contribution is 5.98. The Morgan fingerprint density at radius 3 is 2.65 bits per heavy atom. The Bertz CT molecular complexity index is 1030. The minimum Gasteiger partial charge on any atom is -0.497 e. The predicted octanol–water partition coefficient (Wildman–Crippen LogP) is 1.41. The van der Waals surface area contributed by atoms with Crippen LogP contribution in [0, 0.1) is 11.6 Å². The van der Waals surface area contributed by atoms with E-state index < -0.39 is 41.2 Å². The summed E-state index contributed by atoms with van der Waals surface area (Å²) in [6, 6.07) is 7.85. The maximum atomic E-state index is 13.9. The minimum absolute atomic E-state index is 0.124. The normalized spacial score (nSPS) is 22.7. The number of hydrogen-bond acceptors (Lipinski definition) is 4. The van der Waals surface area contributed by atoms with E-state index in [1.54, 1.807) is 19.2 Å². The van der Waals surface area contributed by atoms with Crippen molar-refractivity contribution < 1.29 is 27.9 Å². The third-order valence-corrected chi connectivity index (χ3v) is 5.61. The topological polar surface area (TPSA) is 87.7 Å². The molecule has 0 spiro atoms. The fraction of sp³-hybridized carbons (Fsp3) is 0.318. The fourth-order valence-corrected chi connectivity index (χ4v) is 4.03. The lowest BCUT2D eigenvalue weighted by molar-refractivity contribution is -0.147. The second-order valence-electron chi connectivity index (χ2n) is 7.65. The molecular weight excluding hydrogens is 408 g/mol. The highest BCUT2D eigenvalue weighted by Crippen LogP contribution is 2.25. The highest BCUT2D eigenvalue weighted by Gasteiger charge is 2.46. The summed E-state index contributed by atoms with van der Waals surface area (Å²) in [5.74, 6) is -2.21. The Hall–Kier alpha value is -3.49. The molecule has 2 heterocycles. The molecule has 3 amide bonds. The number of hydrogen-bond donors (Lipinski definition) is 2. The monoisotopic (exact) mass is 429 g/mol. The second-order valence-corrected chi connectivity index (χ2v) is 7.65. The van der Waals surface area contributed by atoms with Gasteiger partial charge < -0.3 is 20.3 Å². The van der Waals surface area contributed by atoms with Crippen LogP contribution >= 0.6 is 0 Å². The SMILES string of the molecule is COc1ccc(C[C@@H]2NC(=O)[C@@H]3C[C@H](NC(=O)c4cc(F)ccc4F)CN3C2=O)cc1. The van der Waals surface area contributed by atoms with Gasteiger partial charge in [-0.1, -0.05) is 12.1 Å². The largest absolute Gasteiger partial charge is 0.497 e. The smallest absolute Gasteiger partial charge is 0.254 e. The average Bonchev–Trinajstić information content (AvgIpc) is 3.18. The van der Waals surface area contributed by atoms with Gasteiger partial charge >= 0.3 is 0 Å². The summed E-state index contributed by atoms with van der Waals surface area (Å²) in [7, 11) is 1.56. The van der Waals surface area contributed by atoms with Crippen molar-refractivity contribution in [2.75, 3.05) is 13.7 Å². The zero-order valence-electron chi connectivity index (χ0n) is 16.7. The molecule has 2 fully saturated rings. The zero-order chi connectivity index (χ0) is 22.1. The Kier molecular flexibility index (Phi) is 5.58. The Morgan fingerprint density at radius 2 is 1.94 bits per heavy atom. The number of fused-ring (bicyclic) bond motifs is 1. The number of benzene rings is 2. The van der Waals surface area contributed by atoms with E-state index in [-0.39, 0.29) is 24.8 Å². The van der Waals surface area contributed by atoms with Gasteiger partial charge in [-0.05, 0) is 42.3 Å². The summed E-state index contributed by atoms with van der Waals surface area (Å²) in [5.41, 5.74) is 0.446. The molecule has 2 aliphatic heterocycles. The standard InChI is InChI=1S/C22H21F2N3O4/c1-31-15-5-2-12(3-6-15)8-18-22(30)27-11-14(10-19(27)21(29)26-18)25-20(28)16-9-13(23)4-7-17(16)24/h2-7,9,14,18-19H,8,10-11H2,1H3,(H,25,28)(H,26,29)/t14-,18-,19-/m0/s1. The van der Waals surface area contributed by atoms with Crippen molar-refractivity contribution in [3.05, 3.63) is 65.2 Å². The van der Waals surface area contributed by atoms with E-state index in [2.05, 4.69) is 10.6 Å². The van der Waals surface area contributed by atoms with Crippen molar-refractivity contribution in [2.45, 2.75) is 31.0 Å². The molecule has 2 aliphatic rings. The summed E-state index contributed by atoms with van der Waals surface area (Å²) in [6.45, 7) is 0.124. The van der Waals surface area contributed by atoms with Crippen LogP contribution < -0.4 is 15.4 Å². The van der Waals surface area contributed by atoms with Gasteiger partial charge in [0.2, 0.25) is 11.8 Å². The van der Waals surface area contributed by atoms with E-state index in [9.17, 15) is 23.2 Å². The van der Waals surface area contributed by atoms with E-state index in [1.807, 2.05) is 12.1 Å². The zero-order valence-corrected chi connectivity index (χ0v) is 16.7. The summed E-state index contributed by atoms with van der Waals surface area (Å²) >= 11 is 0. The number of carbonyl (C=O) groups is 3. The van der Waals surface area contributed by atoms with Crippen molar-refractivity contribution in [3.8, 4) is 5.75 Å². The quantitative estimate of drug-likeness (QED) is 0.753. The molecule has 2 saturated heterocycles. The molecule has 162 valence electrons. The molecule has 2 N–H and O–H groups in total. The van der Waals surface area contributed by atoms with Gasteiger partial charge in [-0.25, -0.2) is 8.78 Å². The number of amides is 3. The van der Waals surface area contributed by atoms with Gasteiger partial charge in [-0.15, -0.1) is 0 Å². The summed E-state index contributed by atoms with van der Waals surface area (Å²) in [6.07, 6.45) is 0.527. The fourth-order valence-electron chi connectivity index (χ4n) is 4.03. The molecule has 31 heavy (non-hydrogen) atoms. The molecule has 4 rings (SSSR count). The summed E-state index contributed by atoms with van der Waals surface area (Å²) in [4.78, 5) is 39.3. The molecule has 0 aromatic heterocycles. The van der Waals surface area contributed by atoms with Crippen molar-refractivity contribution >= 4 is 17.7 Å². The lowest BCUT2D eigenvalue weighted by Gasteiger charge is -2.34. The third kappa shape index (κ3) is 4.21. The number of rotatable bonds is 5. The van der Waals surface area contributed by atoms with Crippen molar-refractivity contribution in [1.29, 1.82) is 0 Å². The Labute approximate surface area is 177 Å². The maximum absolute atomic E-state index is 13.9. The van der Waals surface area contributed by atoms with Crippen LogP contribution in [0.1, 0.15) is 22.3 Å². The van der Waals surface area contributed by atoms with Gasteiger partial charge in [-0.3, -0.25) is 14.4 Å². The van der Waals surface area contributed by atoms with Crippen molar-refractivity contribution in [3.63, 3.8) is 0 Å². The first-order valence-electron chi connectivity index (χ1n) is 9.85. The molecule has 0 radical (unpaired) electrons. The first-order chi connectivity index (χ1) is 14.9. The number of methoxy groups -OCH3 is 1. The maximum Gasteiger partial charge on any atom is 0.254 e. The molecule has 0 bridgehead atoms. The molecule has 2 aromatic rings. The average molecular weight is 429 g/mol. The van der Waals surface area contributed by atoms with Gasteiger partial charge in [0.05, 0.1) is 12.7 Å². The van der Waals surface area contributed by atoms with Crippen LogP contribution in [0.3, 0.4) is 0 Å². The first kappa shape index (κ1) is 20.8. The summed E-state index contributed by atoms with van der Waals surface area (Å²) < 4.78 is 32.3. The van der Waals surface area contributed by atoms with E-state index in [1.165, 1.54) is 4.90 Å². The predicted molar refractivity (Wildman–Crippen MR) is 106 cm³/mol. The number of nitrogens with one attached hydrogen (secondary N) is 2. The number of ether oxygens (including phenoxy) is 1. The van der Waals surface area contributed by atoms with Crippen LogP contribution in [-0.2, 0) is 16.0 Å². The van der Waals surface area contributed by atoms with E-state index in [0.29, 0.717) is 12.2 Å². The molecular formula is C22H21F2N3O4. The lowest BCUT2D eigenvalue weighted by atomic mass is 10.0. The van der Waals surface area contributed by atoms with Gasteiger partial charge in [0.25, 0.3) is 5.91 Å². The second kappa shape index (κ2) is 8.33. The van der Waals surface area contributed by atoms with Crippen LogP contribution in [-0.4, -0.2) is 54.4 Å². The van der Waals surface area contributed by atoms with Crippen molar-refractivity contribution in [2.24, 2.45) is 0 Å². The van der Waals surface area contributed by atoms with E-state index in [0.717, 1.165) is 23.8 Å². The van der Waals surface area contributed by atoms with Gasteiger partial charge in [0.1, 0.15) is 29.5 Å². The van der Waals surface area contributed by atoms with E-state index in [4.69, 9.17) is 4.74 Å². The molecule has 7 nitrogen and oxygen atoms in total. The number of nitrogens with zero attached hydrogens (tertiary/aromatic N) is 1. The van der Waals surface area contributed by atoms with Crippen molar-refractivity contribution in [1.82, 2.24) is 15.5 Å². The van der Waals surface area contributed by atoms with Gasteiger partial charge in [0, 0.05) is 19.0 Å². The third-order valence-electron chi connectivity index (χ3n) is 5.61. The first-order valence-corrected chi connectivity index (χ1v) is 9.85. The van der Waals surface area contributed by atoms with Crippen LogP contribution in [0.4, 0.5) is 8.78 Å². The lowest BCUT2D eigenvalue weighted by Crippen LogP contribution is -2.61. The van der Waals surface area contributed by atoms with Gasteiger partial charge in [-0.2, -0.15) is 0 Å². The van der Waals surface area contributed by atoms with Crippen LogP contribution in [0.5, 0.6) is 5.75 Å². The molecule has 9 heteroatoms. The van der Waals surface area contributed by atoms with Crippen LogP contribution in [0.2, 0.25) is 0 Å². The minimum atomic E-state index is -0.844. The van der Waals surface area contributed by atoms with Crippen LogP contribution in [0.25, 0.3) is 0 Å². The number of piperazine rings is 1. The number of halogens is 2. The molecule has 0 aliphatic carbocycles. The van der Waals surface area contributed by atoms with E-state index >= 15 is 0 Å². The Balaban J connectivity index is 1.43. The Morgan fingerprint density at radius 1 is 1.19 bits per heavy atom.